The number of methoxy groups -OCH3 is 2. The fourth-order valence-corrected chi connectivity index (χ4v) is 5.69. The predicted octanol–water partition coefficient (Wildman–Crippen LogP) is -8.91. The molecule has 0 aromatic heterocycles. The number of rotatable bonds is 11. The van der Waals surface area contributed by atoms with Crippen molar-refractivity contribution in [3.8, 4) is 0 Å². The Morgan fingerprint density at radius 2 is 0.979 bits per heavy atom. The molecule has 4 heterocycles. The summed E-state index contributed by atoms with van der Waals surface area (Å²) in [6.45, 7) is -2.38. The zero-order chi connectivity index (χ0) is 35.6. The lowest BCUT2D eigenvalue weighted by molar-refractivity contribution is -0.370. The number of carbonyl (C=O) groups is 1. The Labute approximate surface area is 272 Å². The maximum absolute atomic E-state index is 12.4. The van der Waals surface area contributed by atoms with E-state index in [2.05, 4.69) is 4.74 Å². The van der Waals surface area contributed by atoms with Gasteiger partial charge in [0.1, 0.15) is 91.6 Å². The van der Waals surface area contributed by atoms with Gasteiger partial charge in [-0.15, -0.1) is 0 Å². The largest absolute Gasteiger partial charge is 0.467 e. The molecule has 8 unspecified atom stereocenters. The number of aliphatic hydroxyl groups is 12. The zero-order valence-electron chi connectivity index (χ0n) is 25.6. The lowest BCUT2D eigenvalue weighted by atomic mass is 9.96. The number of aliphatic hydroxyl groups excluding tert-OH is 12. The molecule has 20 atom stereocenters. The Balaban J connectivity index is 1.42. The molecule has 0 saturated carbocycles. The van der Waals surface area contributed by atoms with Crippen molar-refractivity contribution in [3.05, 3.63) is 0 Å². The number of carbonyl (C=O) groups excluding carboxylic acids is 1. The topological polar surface area (TPSA) is 343 Å². The summed E-state index contributed by atoms with van der Waals surface area (Å²) in [4.78, 5) is 12.4. The minimum Gasteiger partial charge on any atom is -0.467 e. The molecule has 280 valence electrons. The highest BCUT2D eigenvalue weighted by Crippen LogP contribution is 2.32. The van der Waals surface area contributed by atoms with Gasteiger partial charge in [0.25, 0.3) is 0 Å². The van der Waals surface area contributed by atoms with Gasteiger partial charge >= 0.3 is 5.97 Å². The molecule has 22 heteroatoms. The third kappa shape index (κ3) is 7.93. The van der Waals surface area contributed by atoms with Crippen molar-refractivity contribution in [1.82, 2.24) is 0 Å². The molecule has 0 spiro atoms. The fraction of sp³-hybridized carbons (Fsp3) is 0.962. The average Bonchev–Trinajstić information content (AvgIpc) is 3.08. The molecule has 0 aromatic carbocycles. The third-order valence-corrected chi connectivity index (χ3v) is 8.56. The SMILES string of the molecule is COC(=O)C1O[C@@H](OC)C(O)[C@@H](O)[C@H]1O[C@@H]1OC(CO[C@@H]2OC(CO)[C@H](O[C@@H]3OC(CO)[C@H](O)[C@H](O)C3O)[C@H](O)C2O)[C@H](O)[C@H](O)C1O. The van der Waals surface area contributed by atoms with Crippen LogP contribution in [-0.4, -0.2) is 224 Å². The van der Waals surface area contributed by atoms with Gasteiger partial charge in [0.15, 0.2) is 31.3 Å². The van der Waals surface area contributed by atoms with E-state index >= 15 is 0 Å². The normalized spacial score (nSPS) is 50.2. The molecule has 22 nitrogen and oxygen atoms in total. The van der Waals surface area contributed by atoms with Gasteiger partial charge in [0, 0.05) is 7.11 Å². The fourth-order valence-electron chi connectivity index (χ4n) is 5.69. The molecule has 0 amide bonds. The summed E-state index contributed by atoms with van der Waals surface area (Å²) in [5, 5.41) is 124. The summed E-state index contributed by atoms with van der Waals surface area (Å²) in [6, 6.07) is 0. The Bertz CT molecular complexity index is 1020. The van der Waals surface area contributed by atoms with Crippen LogP contribution in [0.15, 0.2) is 0 Å². The van der Waals surface area contributed by atoms with Gasteiger partial charge in [-0.3, -0.25) is 0 Å². The standard InChI is InChI=1S/C26H44O22/c1-40-22(39)21-20(14(34)17(37)23(41-2)48-21)47-26-16(36)12(32)10(30)8(45-26)5-42-24-18(38)13(33)19(7(4-28)44-24)46-25-15(35)11(31)9(29)6(3-27)43-25/h6-21,23-38H,3-5H2,1-2H3/t6?,7?,8?,9-,10-,11-,12-,13+,14+,15?,16?,17?,18?,19-,20+,21?,23+,24+,25-,26-/m0/s1. The van der Waals surface area contributed by atoms with Crippen LogP contribution < -0.4 is 0 Å². The zero-order valence-corrected chi connectivity index (χ0v) is 25.6. The molecular formula is C26H44O22. The molecule has 4 saturated heterocycles. The van der Waals surface area contributed by atoms with E-state index in [1.54, 1.807) is 0 Å². The molecular weight excluding hydrogens is 664 g/mol. The van der Waals surface area contributed by atoms with E-state index in [9.17, 15) is 66.1 Å². The van der Waals surface area contributed by atoms with Gasteiger partial charge < -0.3 is 104 Å². The van der Waals surface area contributed by atoms with Crippen molar-refractivity contribution in [2.75, 3.05) is 34.0 Å². The van der Waals surface area contributed by atoms with Crippen molar-refractivity contribution in [2.24, 2.45) is 0 Å². The Hall–Kier alpha value is -1.33. The lowest BCUT2D eigenvalue weighted by Gasteiger charge is -2.47. The van der Waals surface area contributed by atoms with E-state index in [4.69, 9.17) is 37.9 Å². The summed E-state index contributed by atoms with van der Waals surface area (Å²) in [6.07, 6.45) is -35.1. The Morgan fingerprint density at radius 3 is 1.52 bits per heavy atom. The summed E-state index contributed by atoms with van der Waals surface area (Å²) in [7, 11) is 2.14. The Kier molecular flexibility index (Phi) is 13.8. The molecule has 0 aromatic rings. The van der Waals surface area contributed by atoms with Crippen LogP contribution in [0.25, 0.3) is 0 Å². The van der Waals surface area contributed by atoms with Gasteiger partial charge in [-0.2, -0.15) is 0 Å². The van der Waals surface area contributed by atoms with Gasteiger partial charge in [0.2, 0.25) is 0 Å². The summed E-state index contributed by atoms with van der Waals surface area (Å²) in [5.41, 5.74) is 0. The van der Waals surface area contributed by atoms with Crippen LogP contribution in [0.3, 0.4) is 0 Å². The molecule has 4 aliphatic rings. The third-order valence-electron chi connectivity index (χ3n) is 8.56. The molecule has 0 radical (unpaired) electrons. The lowest BCUT2D eigenvalue weighted by Crippen LogP contribution is -2.66. The molecule has 0 aliphatic carbocycles. The number of hydrogen-bond donors (Lipinski definition) is 12. The van der Waals surface area contributed by atoms with Gasteiger partial charge in [0.05, 0.1) is 26.9 Å². The number of hydrogen-bond acceptors (Lipinski definition) is 22. The Morgan fingerprint density at radius 1 is 0.521 bits per heavy atom. The van der Waals surface area contributed by atoms with Crippen LogP contribution in [0.5, 0.6) is 0 Å². The maximum Gasteiger partial charge on any atom is 0.337 e. The van der Waals surface area contributed by atoms with Crippen LogP contribution in [0.2, 0.25) is 0 Å². The molecule has 0 bridgehead atoms. The van der Waals surface area contributed by atoms with E-state index in [1.165, 1.54) is 0 Å². The second kappa shape index (κ2) is 16.8. The van der Waals surface area contributed by atoms with E-state index in [1.807, 2.05) is 0 Å². The van der Waals surface area contributed by atoms with Crippen LogP contribution in [0, 0.1) is 0 Å². The van der Waals surface area contributed by atoms with Crippen LogP contribution >= 0.6 is 0 Å². The molecule has 4 aliphatic heterocycles. The molecule has 4 rings (SSSR count). The van der Waals surface area contributed by atoms with E-state index in [0.29, 0.717) is 0 Å². The van der Waals surface area contributed by atoms with Gasteiger partial charge in [-0.05, 0) is 0 Å². The quantitative estimate of drug-likeness (QED) is 0.0886. The maximum atomic E-state index is 12.4. The first-order valence-electron chi connectivity index (χ1n) is 14.9. The monoisotopic (exact) mass is 708 g/mol. The smallest absolute Gasteiger partial charge is 0.337 e. The van der Waals surface area contributed by atoms with Crippen molar-refractivity contribution < 1.29 is 109 Å². The minimum absolute atomic E-state index is 0.742. The summed E-state index contributed by atoms with van der Waals surface area (Å²) < 4.78 is 47.7. The highest BCUT2D eigenvalue weighted by atomic mass is 16.8. The summed E-state index contributed by atoms with van der Waals surface area (Å²) >= 11 is 0. The van der Waals surface area contributed by atoms with E-state index in [0.717, 1.165) is 14.2 Å². The molecule has 48 heavy (non-hydrogen) atoms. The van der Waals surface area contributed by atoms with Crippen LogP contribution in [-0.2, 0) is 47.4 Å². The van der Waals surface area contributed by atoms with Gasteiger partial charge in [-0.1, -0.05) is 0 Å². The highest BCUT2D eigenvalue weighted by Gasteiger charge is 2.54. The summed E-state index contributed by atoms with van der Waals surface area (Å²) in [5.74, 6) is -1.06. The predicted molar refractivity (Wildman–Crippen MR) is 144 cm³/mol. The second-order valence-corrected chi connectivity index (χ2v) is 11.6. The number of ether oxygens (including phenoxy) is 9. The number of esters is 1. The highest BCUT2D eigenvalue weighted by molar-refractivity contribution is 5.75. The molecule has 4 fully saturated rings. The van der Waals surface area contributed by atoms with E-state index < -0.39 is 149 Å². The van der Waals surface area contributed by atoms with E-state index in [-0.39, 0.29) is 0 Å². The average molecular weight is 709 g/mol. The first-order chi connectivity index (χ1) is 22.7. The first-order valence-corrected chi connectivity index (χ1v) is 14.9. The van der Waals surface area contributed by atoms with Crippen molar-refractivity contribution in [1.29, 1.82) is 0 Å². The minimum atomic E-state index is -1.99. The molecule has 12 N–H and O–H groups in total. The van der Waals surface area contributed by atoms with Crippen LogP contribution in [0.1, 0.15) is 0 Å². The van der Waals surface area contributed by atoms with Crippen molar-refractivity contribution in [2.45, 2.75) is 123 Å². The first kappa shape index (κ1) is 39.5. The van der Waals surface area contributed by atoms with Crippen molar-refractivity contribution >= 4 is 5.97 Å². The van der Waals surface area contributed by atoms with Crippen molar-refractivity contribution in [3.63, 3.8) is 0 Å². The van der Waals surface area contributed by atoms with Crippen LogP contribution in [0.4, 0.5) is 0 Å². The van der Waals surface area contributed by atoms with Gasteiger partial charge in [-0.25, -0.2) is 4.79 Å². The second-order valence-electron chi connectivity index (χ2n) is 11.6.